The molecule has 32 heavy (non-hydrogen) atoms. The first-order chi connectivity index (χ1) is 15.1. The van der Waals surface area contributed by atoms with Crippen molar-refractivity contribution in [3.8, 4) is 17.2 Å². The minimum atomic E-state index is -4.02. The van der Waals surface area contributed by atoms with Gasteiger partial charge in [-0.1, -0.05) is 77.9 Å². The van der Waals surface area contributed by atoms with E-state index < -0.39 is 7.82 Å². The molecule has 0 aromatic heterocycles. The predicted molar refractivity (Wildman–Crippen MR) is 131 cm³/mol. The Bertz CT molecular complexity index is 1030. The molecule has 0 saturated heterocycles. The minimum Gasteiger partial charge on any atom is -0.386 e. The Kier molecular flexibility index (Phi) is 7.69. The van der Waals surface area contributed by atoms with E-state index in [4.69, 9.17) is 13.6 Å². The molecule has 0 aliphatic carbocycles. The van der Waals surface area contributed by atoms with Crippen molar-refractivity contribution in [1.82, 2.24) is 0 Å². The lowest BCUT2D eigenvalue weighted by molar-refractivity contribution is 0.298. The lowest BCUT2D eigenvalue weighted by Gasteiger charge is -2.21. The summed E-state index contributed by atoms with van der Waals surface area (Å²) in [6, 6.07) is 22.4. The van der Waals surface area contributed by atoms with Crippen molar-refractivity contribution in [3.63, 3.8) is 0 Å². The molecule has 0 aliphatic rings. The topological polar surface area (TPSA) is 44.8 Å². The number of hydrogen-bond donors (Lipinski definition) is 0. The number of hydrogen-bond acceptors (Lipinski definition) is 4. The van der Waals surface area contributed by atoms with Gasteiger partial charge < -0.3 is 13.6 Å². The molecular formula is C27H33O4P. The molecular weight excluding hydrogens is 419 g/mol. The summed E-state index contributed by atoms with van der Waals surface area (Å²) in [5.41, 5.74) is 3.39. The molecule has 0 radical (unpaired) electrons. The third-order valence-electron chi connectivity index (χ3n) is 5.23. The van der Waals surface area contributed by atoms with Crippen molar-refractivity contribution in [3.05, 3.63) is 89.5 Å². The maximum absolute atomic E-state index is 13.8. The number of phosphoric ester groups is 1. The Morgan fingerprint density at radius 2 is 0.969 bits per heavy atom. The maximum atomic E-state index is 13.8. The van der Waals surface area contributed by atoms with Crippen LogP contribution in [0.25, 0.3) is 0 Å². The van der Waals surface area contributed by atoms with Crippen LogP contribution in [0.3, 0.4) is 0 Å². The second kappa shape index (κ2) is 10.3. The zero-order valence-corrected chi connectivity index (χ0v) is 20.6. The minimum absolute atomic E-state index is 0.301. The van der Waals surface area contributed by atoms with Crippen molar-refractivity contribution < 1.29 is 18.1 Å². The molecule has 3 aromatic rings. The van der Waals surface area contributed by atoms with Crippen LogP contribution in [0.15, 0.2) is 72.8 Å². The average molecular weight is 453 g/mol. The van der Waals surface area contributed by atoms with E-state index in [1.54, 1.807) is 24.3 Å². The molecule has 3 aromatic carbocycles. The quantitative estimate of drug-likeness (QED) is 0.305. The Morgan fingerprint density at radius 1 is 0.531 bits per heavy atom. The van der Waals surface area contributed by atoms with E-state index in [0.717, 1.165) is 11.1 Å². The van der Waals surface area contributed by atoms with Crippen molar-refractivity contribution in [2.75, 3.05) is 0 Å². The Morgan fingerprint density at radius 3 is 1.44 bits per heavy atom. The summed E-state index contributed by atoms with van der Waals surface area (Å²) in [6.07, 6.45) is 0. The molecule has 0 fully saturated rings. The van der Waals surface area contributed by atoms with Gasteiger partial charge in [0.2, 0.25) is 0 Å². The smallest absolute Gasteiger partial charge is 0.386 e. The van der Waals surface area contributed by atoms with E-state index in [-0.39, 0.29) is 0 Å². The molecule has 170 valence electrons. The Labute approximate surface area is 192 Å². The van der Waals surface area contributed by atoms with Gasteiger partial charge in [0.1, 0.15) is 17.2 Å². The van der Waals surface area contributed by atoms with Gasteiger partial charge in [0.05, 0.1) is 0 Å². The first-order valence-corrected chi connectivity index (χ1v) is 12.6. The molecule has 0 bridgehead atoms. The van der Waals surface area contributed by atoms with Gasteiger partial charge in [-0.25, -0.2) is 0 Å². The van der Waals surface area contributed by atoms with E-state index in [0.29, 0.717) is 35.0 Å². The molecule has 0 saturated carbocycles. The normalized spacial score (nSPS) is 13.3. The summed E-state index contributed by atoms with van der Waals surface area (Å²) in [4.78, 5) is 0. The zero-order chi connectivity index (χ0) is 23.3. The molecule has 3 rings (SSSR count). The third kappa shape index (κ3) is 6.40. The van der Waals surface area contributed by atoms with E-state index in [9.17, 15) is 4.57 Å². The highest BCUT2D eigenvalue weighted by atomic mass is 31.2. The van der Waals surface area contributed by atoms with Gasteiger partial charge >= 0.3 is 7.82 Å². The lowest BCUT2D eigenvalue weighted by atomic mass is 9.95. The largest absolute Gasteiger partial charge is 0.647 e. The predicted octanol–water partition coefficient (Wildman–Crippen LogP) is 8.70. The number of benzene rings is 3. The molecule has 5 heteroatoms. The second-order valence-electron chi connectivity index (χ2n) is 8.90. The van der Waals surface area contributed by atoms with Crippen LogP contribution < -0.4 is 13.6 Å². The van der Waals surface area contributed by atoms with Crippen LogP contribution in [0.4, 0.5) is 0 Å². The molecule has 0 amide bonds. The third-order valence-corrected chi connectivity index (χ3v) is 6.53. The summed E-state index contributed by atoms with van der Waals surface area (Å²) >= 11 is 0. The first-order valence-electron chi connectivity index (χ1n) is 11.1. The maximum Gasteiger partial charge on any atom is 0.647 e. The van der Waals surface area contributed by atoms with Crippen LogP contribution in [-0.4, -0.2) is 0 Å². The van der Waals surface area contributed by atoms with E-state index in [2.05, 4.69) is 47.6 Å². The van der Waals surface area contributed by atoms with Gasteiger partial charge in [0, 0.05) is 0 Å². The SMILES string of the molecule is CC(C)c1ccc(O[P@](=O)(Oc2ccccc2)Oc2cc(C(C)C)cc(C(C)C)c2)cc1. The highest BCUT2D eigenvalue weighted by molar-refractivity contribution is 7.49. The zero-order valence-electron chi connectivity index (χ0n) is 19.7. The molecule has 0 spiro atoms. The Hall–Kier alpha value is -2.71. The summed E-state index contributed by atoms with van der Waals surface area (Å²) in [6.45, 7) is 12.7. The molecule has 0 unspecified atom stereocenters. The Balaban J connectivity index is 1.96. The van der Waals surface area contributed by atoms with Crippen LogP contribution in [0.1, 0.15) is 76.0 Å². The van der Waals surface area contributed by atoms with Gasteiger partial charge in [-0.2, -0.15) is 4.57 Å². The molecule has 0 aliphatic heterocycles. The monoisotopic (exact) mass is 452 g/mol. The molecule has 4 nitrogen and oxygen atoms in total. The van der Waals surface area contributed by atoms with E-state index >= 15 is 0 Å². The van der Waals surface area contributed by atoms with Gasteiger partial charge in [-0.3, -0.25) is 0 Å². The van der Waals surface area contributed by atoms with Crippen LogP contribution in [0, 0.1) is 0 Å². The fourth-order valence-corrected chi connectivity index (χ4v) is 4.44. The average Bonchev–Trinajstić information content (AvgIpc) is 2.74. The standard InChI is InChI=1S/C27H33O4P/c1-19(2)22-12-14-26(15-13-22)30-32(28,29-25-10-8-7-9-11-25)31-27-17-23(20(3)4)16-24(18-27)21(5)6/h7-21H,1-6H3/t32-/m0/s1. The summed E-state index contributed by atoms with van der Waals surface area (Å²) in [5.74, 6) is 2.31. The first kappa shape index (κ1) is 23.9. The van der Waals surface area contributed by atoms with Crippen molar-refractivity contribution in [2.45, 2.75) is 59.3 Å². The van der Waals surface area contributed by atoms with Crippen LogP contribution in [0.5, 0.6) is 17.2 Å². The summed E-state index contributed by atoms with van der Waals surface area (Å²) in [5, 5.41) is 0. The van der Waals surface area contributed by atoms with Gasteiger partial charge in [-0.05, 0) is 70.8 Å². The highest BCUT2D eigenvalue weighted by Gasteiger charge is 2.33. The molecule has 0 heterocycles. The van der Waals surface area contributed by atoms with Gasteiger partial charge in [0.15, 0.2) is 0 Å². The fourth-order valence-electron chi connectivity index (χ4n) is 3.20. The second-order valence-corrected chi connectivity index (χ2v) is 10.3. The van der Waals surface area contributed by atoms with Gasteiger partial charge in [-0.15, -0.1) is 0 Å². The lowest BCUT2D eigenvalue weighted by Crippen LogP contribution is -2.08. The van der Waals surface area contributed by atoms with E-state index in [1.807, 2.05) is 42.5 Å². The van der Waals surface area contributed by atoms with Crippen LogP contribution >= 0.6 is 7.82 Å². The summed E-state index contributed by atoms with van der Waals surface area (Å²) < 4.78 is 31.5. The summed E-state index contributed by atoms with van der Waals surface area (Å²) in [7, 11) is -4.02. The van der Waals surface area contributed by atoms with Gasteiger partial charge in [0.25, 0.3) is 0 Å². The number of para-hydroxylation sites is 1. The van der Waals surface area contributed by atoms with Crippen LogP contribution in [-0.2, 0) is 4.57 Å². The fraction of sp³-hybridized carbons (Fsp3) is 0.333. The highest BCUT2D eigenvalue weighted by Crippen LogP contribution is 2.50. The number of phosphoric acid groups is 1. The van der Waals surface area contributed by atoms with E-state index in [1.165, 1.54) is 5.56 Å². The van der Waals surface area contributed by atoms with Crippen molar-refractivity contribution in [1.29, 1.82) is 0 Å². The van der Waals surface area contributed by atoms with Crippen LogP contribution in [0.2, 0.25) is 0 Å². The number of rotatable bonds is 9. The molecule has 1 atom stereocenters. The molecule has 0 N–H and O–H groups in total. The van der Waals surface area contributed by atoms with Crippen molar-refractivity contribution >= 4 is 7.82 Å². The van der Waals surface area contributed by atoms with Crippen molar-refractivity contribution in [2.24, 2.45) is 0 Å².